The lowest BCUT2D eigenvalue weighted by Gasteiger charge is -2.35. The number of halogens is 1. The van der Waals surface area contributed by atoms with Gasteiger partial charge in [-0.15, -0.1) is 0 Å². The van der Waals surface area contributed by atoms with E-state index in [-0.39, 0.29) is 18.0 Å². The minimum Gasteiger partial charge on any atom is -0.467 e. The fourth-order valence-electron chi connectivity index (χ4n) is 3.19. The molecule has 0 saturated carbocycles. The number of aromatic amines is 1. The minimum absolute atomic E-state index is 0.0700. The first-order chi connectivity index (χ1) is 13.0. The molecule has 1 aliphatic heterocycles. The van der Waals surface area contributed by atoms with Gasteiger partial charge < -0.3 is 9.64 Å². The van der Waals surface area contributed by atoms with Crippen LogP contribution in [0.4, 0.5) is 0 Å². The monoisotopic (exact) mass is 431 g/mol. The maximum absolute atomic E-state index is 13.1. The highest BCUT2D eigenvalue weighted by Crippen LogP contribution is 2.27. The number of carbonyl (C=O) groups excluding carboxylic acids is 2. The van der Waals surface area contributed by atoms with Gasteiger partial charge in [-0.25, -0.2) is 14.8 Å². The molecule has 3 aromatic rings. The molecule has 138 valence electrons. The Labute approximate surface area is 161 Å². The van der Waals surface area contributed by atoms with Crippen molar-refractivity contribution in [1.29, 1.82) is 0 Å². The van der Waals surface area contributed by atoms with Crippen LogP contribution in [0.3, 0.4) is 0 Å². The summed E-state index contributed by atoms with van der Waals surface area (Å²) in [4.78, 5) is 47.0. The van der Waals surface area contributed by atoms with Crippen molar-refractivity contribution >= 4 is 33.6 Å². The molecule has 4 rings (SSSR count). The molecule has 0 saturated heterocycles. The van der Waals surface area contributed by atoms with Crippen LogP contribution in [0, 0.1) is 0 Å². The van der Waals surface area contributed by atoms with E-state index in [1.165, 1.54) is 18.3 Å². The number of hydrogen-bond acceptors (Lipinski definition) is 6. The van der Waals surface area contributed by atoms with Crippen molar-refractivity contribution in [3.63, 3.8) is 0 Å². The van der Waals surface area contributed by atoms with Gasteiger partial charge in [0.05, 0.1) is 7.11 Å². The van der Waals surface area contributed by atoms with E-state index in [1.54, 1.807) is 0 Å². The molecule has 9 nitrogen and oxygen atoms in total. The smallest absolute Gasteiger partial charge is 0.328 e. The summed E-state index contributed by atoms with van der Waals surface area (Å²) in [5, 5.41) is 2.62. The fraction of sp³-hybridized carbons (Fsp3) is 0.235. The number of methoxy groups -OCH3 is 1. The van der Waals surface area contributed by atoms with Crippen molar-refractivity contribution in [3.8, 4) is 0 Å². The Bertz CT molecular complexity index is 1120. The highest BCUT2D eigenvalue weighted by molar-refractivity contribution is 9.10. The number of amides is 1. The number of rotatable bonds is 2. The van der Waals surface area contributed by atoms with E-state index in [9.17, 15) is 14.4 Å². The fourth-order valence-corrected chi connectivity index (χ4v) is 3.60. The Hall–Kier alpha value is -3.01. The molecule has 1 unspecified atom stereocenters. The van der Waals surface area contributed by atoms with Gasteiger partial charge in [0.2, 0.25) is 0 Å². The lowest BCUT2D eigenvalue weighted by Crippen LogP contribution is -2.49. The number of fused-ring (bicyclic) bond motifs is 2. The van der Waals surface area contributed by atoms with Gasteiger partial charge in [0.1, 0.15) is 18.1 Å². The van der Waals surface area contributed by atoms with Gasteiger partial charge in [0.25, 0.3) is 17.2 Å². The van der Waals surface area contributed by atoms with Crippen LogP contribution in [0.15, 0.2) is 39.9 Å². The Balaban J connectivity index is 1.77. The Morgan fingerprint density at radius 2 is 2.11 bits per heavy atom. The molecule has 1 N–H and O–H groups in total. The summed E-state index contributed by atoms with van der Waals surface area (Å²) < 4.78 is 6.88. The summed E-state index contributed by atoms with van der Waals surface area (Å²) >= 11 is 3.42. The van der Waals surface area contributed by atoms with Crippen molar-refractivity contribution in [1.82, 2.24) is 24.5 Å². The maximum Gasteiger partial charge on any atom is 0.328 e. The van der Waals surface area contributed by atoms with Crippen LogP contribution in [-0.4, -0.2) is 49.5 Å². The second-order valence-electron chi connectivity index (χ2n) is 6.09. The molecule has 1 atom stereocenters. The summed E-state index contributed by atoms with van der Waals surface area (Å²) in [6.45, 7) is 0.203. The number of ether oxygens (including phenoxy) is 1. The summed E-state index contributed by atoms with van der Waals surface area (Å²) in [5.41, 5.74) is 1.35. The summed E-state index contributed by atoms with van der Waals surface area (Å²) in [6.07, 6.45) is 1.63. The first-order valence-corrected chi connectivity index (χ1v) is 8.86. The molecule has 0 spiro atoms. The number of nitrogens with one attached hydrogen (secondary N) is 1. The van der Waals surface area contributed by atoms with Gasteiger partial charge >= 0.3 is 5.97 Å². The van der Waals surface area contributed by atoms with E-state index in [1.807, 2.05) is 18.2 Å². The van der Waals surface area contributed by atoms with E-state index < -0.39 is 23.5 Å². The normalized spacial score (nSPS) is 16.2. The van der Waals surface area contributed by atoms with Gasteiger partial charge in [-0.1, -0.05) is 22.0 Å². The third-order valence-corrected chi connectivity index (χ3v) is 5.01. The molecule has 0 aliphatic carbocycles. The topological polar surface area (TPSA) is 110 Å². The predicted molar refractivity (Wildman–Crippen MR) is 97.1 cm³/mol. The van der Waals surface area contributed by atoms with Crippen molar-refractivity contribution in [2.75, 3.05) is 7.11 Å². The zero-order valence-electron chi connectivity index (χ0n) is 14.2. The molecule has 3 heterocycles. The SMILES string of the molecule is COC(=O)C1Cc2ccc(Br)cc2CN1C(=O)c1cc(=O)n2[nH]cnc2n1. The number of nitrogens with zero attached hydrogens (tertiary/aromatic N) is 4. The first-order valence-electron chi connectivity index (χ1n) is 8.07. The average molecular weight is 432 g/mol. The molecule has 1 aromatic carbocycles. The van der Waals surface area contributed by atoms with Gasteiger partial charge in [-0.05, 0) is 23.3 Å². The van der Waals surface area contributed by atoms with Crippen LogP contribution in [0.5, 0.6) is 0 Å². The zero-order chi connectivity index (χ0) is 19.1. The summed E-state index contributed by atoms with van der Waals surface area (Å²) in [6, 6.07) is 6.03. The van der Waals surface area contributed by atoms with E-state index in [0.717, 1.165) is 26.2 Å². The predicted octanol–water partition coefficient (Wildman–Crippen LogP) is 0.920. The van der Waals surface area contributed by atoms with E-state index in [0.29, 0.717) is 6.42 Å². The van der Waals surface area contributed by atoms with Crippen molar-refractivity contribution in [2.24, 2.45) is 0 Å². The Kier molecular flexibility index (Phi) is 4.27. The van der Waals surface area contributed by atoms with Crippen LogP contribution >= 0.6 is 15.9 Å². The highest BCUT2D eigenvalue weighted by atomic mass is 79.9. The van der Waals surface area contributed by atoms with Gasteiger partial charge in [-0.2, -0.15) is 4.52 Å². The standard InChI is InChI=1S/C17H14BrN5O4/c1-27-16(26)13-5-9-2-3-11(18)4-10(9)7-22(13)15(25)12-6-14(24)23-17(21-12)19-8-20-23/h2-4,6,8,13H,5,7H2,1H3,(H,19,20,21). The molecule has 1 aliphatic rings. The lowest BCUT2D eigenvalue weighted by molar-refractivity contribution is -0.146. The molecule has 0 radical (unpaired) electrons. The van der Waals surface area contributed by atoms with Crippen molar-refractivity contribution in [2.45, 2.75) is 19.0 Å². The molecule has 27 heavy (non-hydrogen) atoms. The second kappa shape index (κ2) is 6.62. The Morgan fingerprint density at radius 3 is 2.89 bits per heavy atom. The minimum atomic E-state index is -0.796. The highest BCUT2D eigenvalue weighted by Gasteiger charge is 2.36. The summed E-state index contributed by atoms with van der Waals surface area (Å²) in [7, 11) is 1.28. The third kappa shape index (κ3) is 3.01. The van der Waals surface area contributed by atoms with Crippen LogP contribution < -0.4 is 5.56 Å². The van der Waals surface area contributed by atoms with Crippen LogP contribution in [-0.2, 0) is 22.5 Å². The molecule has 1 amide bonds. The molecule has 10 heteroatoms. The van der Waals surface area contributed by atoms with Crippen LogP contribution in [0.1, 0.15) is 21.6 Å². The molecule has 2 aromatic heterocycles. The third-order valence-electron chi connectivity index (χ3n) is 4.52. The van der Waals surface area contributed by atoms with Gasteiger partial charge in [0, 0.05) is 23.5 Å². The van der Waals surface area contributed by atoms with E-state index >= 15 is 0 Å². The van der Waals surface area contributed by atoms with Crippen LogP contribution in [0.2, 0.25) is 0 Å². The number of hydrogen-bond donors (Lipinski definition) is 1. The number of benzene rings is 1. The maximum atomic E-state index is 13.1. The number of carbonyl (C=O) groups is 2. The second-order valence-corrected chi connectivity index (χ2v) is 7.01. The van der Waals surface area contributed by atoms with Gasteiger partial charge in [-0.3, -0.25) is 14.7 Å². The molecule has 0 fully saturated rings. The van der Waals surface area contributed by atoms with Gasteiger partial charge in [0.15, 0.2) is 0 Å². The number of esters is 1. The number of H-pyrrole nitrogens is 1. The van der Waals surface area contributed by atoms with Crippen molar-refractivity contribution in [3.05, 3.63) is 62.2 Å². The van der Waals surface area contributed by atoms with E-state index in [2.05, 4.69) is 31.0 Å². The molecule has 0 bridgehead atoms. The van der Waals surface area contributed by atoms with Crippen LogP contribution in [0.25, 0.3) is 5.78 Å². The average Bonchev–Trinajstić information content (AvgIpc) is 3.15. The molecular formula is C17H14BrN5O4. The lowest BCUT2D eigenvalue weighted by atomic mass is 9.93. The largest absolute Gasteiger partial charge is 0.467 e. The summed E-state index contributed by atoms with van der Waals surface area (Å²) in [5.74, 6) is -0.964. The zero-order valence-corrected chi connectivity index (χ0v) is 15.8. The quantitative estimate of drug-likeness (QED) is 0.604. The van der Waals surface area contributed by atoms with E-state index in [4.69, 9.17) is 4.74 Å². The Morgan fingerprint density at radius 1 is 1.30 bits per heavy atom. The van der Waals surface area contributed by atoms with Crippen molar-refractivity contribution < 1.29 is 14.3 Å². The number of aromatic nitrogens is 4. The molecular weight excluding hydrogens is 418 g/mol. The first kappa shape index (κ1) is 17.4.